The van der Waals surface area contributed by atoms with Crippen LogP contribution in [-0.4, -0.2) is 34.8 Å². The molecule has 0 saturated heterocycles. The fourth-order valence-corrected chi connectivity index (χ4v) is 1.42. The van der Waals surface area contributed by atoms with Crippen LogP contribution in [0.5, 0.6) is 5.88 Å². The van der Waals surface area contributed by atoms with Crippen molar-refractivity contribution in [1.82, 2.24) is 9.97 Å². The van der Waals surface area contributed by atoms with Crippen molar-refractivity contribution in [2.75, 3.05) is 25.1 Å². The number of aliphatic hydroxyl groups is 1. The Morgan fingerprint density at radius 3 is 2.89 bits per heavy atom. The molecule has 0 aliphatic rings. The van der Waals surface area contributed by atoms with Crippen molar-refractivity contribution in [3.8, 4) is 5.88 Å². The summed E-state index contributed by atoms with van der Waals surface area (Å²) in [5, 5.41) is 12.1. The molecular weight excluding hydrogens is 230 g/mol. The maximum atomic E-state index is 8.96. The van der Waals surface area contributed by atoms with Gasteiger partial charge in [-0.1, -0.05) is 20.8 Å². The maximum absolute atomic E-state index is 8.96. The zero-order valence-corrected chi connectivity index (χ0v) is 11.4. The Hall–Kier alpha value is -1.36. The van der Waals surface area contributed by atoms with Gasteiger partial charge in [-0.15, -0.1) is 0 Å². The van der Waals surface area contributed by atoms with Crippen molar-refractivity contribution in [3.05, 3.63) is 12.3 Å². The number of nitrogens with one attached hydrogen (secondary N) is 1. The largest absolute Gasteiger partial charge is 0.478 e. The molecule has 1 rings (SSSR count). The fraction of sp³-hybridized carbons (Fsp3) is 0.692. The van der Waals surface area contributed by atoms with E-state index in [1.165, 1.54) is 0 Å². The third-order valence-corrected chi connectivity index (χ3v) is 2.60. The third-order valence-electron chi connectivity index (χ3n) is 2.60. The van der Waals surface area contributed by atoms with Gasteiger partial charge in [-0.3, -0.25) is 0 Å². The van der Waals surface area contributed by atoms with Gasteiger partial charge in [0.15, 0.2) is 0 Å². The number of hydrogen-bond donors (Lipinski definition) is 2. The minimum Gasteiger partial charge on any atom is -0.478 e. The van der Waals surface area contributed by atoms with Crippen LogP contribution in [0.3, 0.4) is 0 Å². The van der Waals surface area contributed by atoms with Crippen molar-refractivity contribution >= 4 is 5.95 Å². The van der Waals surface area contributed by atoms with Crippen LogP contribution in [0.15, 0.2) is 12.3 Å². The Morgan fingerprint density at radius 1 is 1.44 bits per heavy atom. The Balaban J connectivity index is 2.51. The SMILES string of the molecule is CCCOc1ccnc(NCC(C)(C)CCO)n1. The molecule has 0 bridgehead atoms. The van der Waals surface area contributed by atoms with Crippen LogP contribution in [0.4, 0.5) is 5.95 Å². The van der Waals surface area contributed by atoms with Crippen molar-refractivity contribution in [2.45, 2.75) is 33.6 Å². The molecule has 0 radical (unpaired) electrons. The van der Waals surface area contributed by atoms with Gasteiger partial charge < -0.3 is 15.2 Å². The lowest BCUT2D eigenvalue weighted by atomic mass is 9.90. The number of rotatable bonds is 8. The van der Waals surface area contributed by atoms with E-state index in [2.05, 4.69) is 36.1 Å². The van der Waals surface area contributed by atoms with Crippen molar-refractivity contribution < 1.29 is 9.84 Å². The molecular formula is C13H23N3O2. The van der Waals surface area contributed by atoms with E-state index in [1.807, 2.05) is 0 Å². The zero-order valence-electron chi connectivity index (χ0n) is 11.4. The maximum Gasteiger partial charge on any atom is 0.225 e. The van der Waals surface area contributed by atoms with Crippen LogP contribution in [-0.2, 0) is 0 Å². The van der Waals surface area contributed by atoms with E-state index in [1.54, 1.807) is 12.3 Å². The molecule has 18 heavy (non-hydrogen) atoms. The van der Waals surface area contributed by atoms with E-state index in [4.69, 9.17) is 9.84 Å². The summed E-state index contributed by atoms with van der Waals surface area (Å²) in [5.74, 6) is 1.16. The van der Waals surface area contributed by atoms with Gasteiger partial charge in [0.05, 0.1) is 6.61 Å². The molecule has 0 aromatic carbocycles. The molecule has 0 unspecified atom stereocenters. The normalized spacial score (nSPS) is 11.3. The highest BCUT2D eigenvalue weighted by molar-refractivity contribution is 5.27. The van der Waals surface area contributed by atoms with E-state index in [9.17, 15) is 0 Å². The molecule has 102 valence electrons. The van der Waals surface area contributed by atoms with Crippen molar-refractivity contribution in [2.24, 2.45) is 5.41 Å². The minimum absolute atomic E-state index is 0.0123. The fourth-order valence-electron chi connectivity index (χ4n) is 1.42. The molecule has 0 amide bonds. The summed E-state index contributed by atoms with van der Waals surface area (Å²) in [6.07, 6.45) is 3.38. The van der Waals surface area contributed by atoms with Crippen LogP contribution in [0.1, 0.15) is 33.6 Å². The Morgan fingerprint density at radius 2 is 2.22 bits per heavy atom. The number of aliphatic hydroxyl groups excluding tert-OH is 1. The highest BCUT2D eigenvalue weighted by Crippen LogP contribution is 2.20. The number of anilines is 1. The van der Waals surface area contributed by atoms with Crippen LogP contribution in [0.25, 0.3) is 0 Å². The first-order valence-electron chi connectivity index (χ1n) is 6.38. The molecule has 0 fully saturated rings. The average Bonchev–Trinajstić information content (AvgIpc) is 2.35. The monoisotopic (exact) mass is 253 g/mol. The predicted octanol–water partition coefficient (Wildman–Crippen LogP) is 2.09. The molecule has 0 aliphatic heterocycles. The summed E-state index contributed by atoms with van der Waals surface area (Å²) >= 11 is 0. The Labute approximate surface area is 109 Å². The zero-order chi connectivity index (χ0) is 13.4. The van der Waals surface area contributed by atoms with Gasteiger partial charge in [0, 0.05) is 25.4 Å². The number of nitrogens with zero attached hydrogens (tertiary/aromatic N) is 2. The van der Waals surface area contributed by atoms with Gasteiger partial charge in [-0.25, -0.2) is 4.98 Å². The van der Waals surface area contributed by atoms with E-state index in [0.29, 0.717) is 25.0 Å². The standard InChI is InChI=1S/C13H23N3O2/c1-4-9-18-11-5-7-14-12(16-11)15-10-13(2,3)6-8-17/h5,7,17H,4,6,8-10H2,1-3H3,(H,14,15,16). The lowest BCUT2D eigenvalue weighted by Crippen LogP contribution is -2.25. The van der Waals surface area contributed by atoms with Gasteiger partial charge in [0.1, 0.15) is 0 Å². The lowest BCUT2D eigenvalue weighted by Gasteiger charge is -2.23. The highest BCUT2D eigenvalue weighted by Gasteiger charge is 2.17. The van der Waals surface area contributed by atoms with Gasteiger partial charge >= 0.3 is 0 Å². The quantitative estimate of drug-likeness (QED) is 0.742. The first-order chi connectivity index (χ1) is 8.57. The molecule has 1 heterocycles. The summed E-state index contributed by atoms with van der Waals surface area (Å²) in [7, 11) is 0. The molecule has 1 aromatic rings. The van der Waals surface area contributed by atoms with Gasteiger partial charge in [-0.05, 0) is 18.3 Å². The van der Waals surface area contributed by atoms with Gasteiger partial charge in [0.25, 0.3) is 0 Å². The second-order valence-corrected chi connectivity index (χ2v) is 5.06. The molecule has 0 saturated carbocycles. The van der Waals surface area contributed by atoms with E-state index >= 15 is 0 Å². The molecule has 5 nitrogen and oxygen atoms in total. The topological polar surface area (TPSA) is 67.3 Å². The summed E-state index contributed by atoms with van der Waals surface area (Å²) < 4.78 is 5.44. The first kappa shape index (κ1) is 14.7. The first-order valence-corrected chi connectivity index (χ1v) is 6.38. The molecule has 5 heteroatoms. The van der Waals surface area contributed by atoms with Gasteiger partial charge in [-0.2, -0.15) is 4.98 Å². The molecule has 2 N–H and O–H groups in total. The van der Waals surface area contributed by atoms with Gasteiger partial charge in [0.2, 0.25) is 11.8 Å². The molecule has 1 aromatic heterocycles. The Bertz CT molecular complexity index is 356. The number of ether oxygens (including phenoxy) is 1. The van der Waals surface area contributed by atoms with Crippen LogP contribution >= 0.6 is 0 Å². The highest BCUT2D eigenvalue weighted by atomic mass is 16.5. The average molecular weight is 253 g/mol. The molecule has 0 atom stereocenters. The summed E-state index contributed by atoms with van der Waals surface area (Å²) in [5.41, 5.74) is 0.0123. The van der Waals surface area contributed by atoms with Crippen LogP contribution in [0, 0.1) is 5.41 Å². The summed E-state index contributed by atoms with van der Waals surface area (Å²) in [6.45, 7) is 7.80. The summed E-state index contributed by atoms with van der Waals surface area (Å²) in [4.78, 5) is 8.41. The molecule has 0 spiro atoms. The minimum atomic E-state index is 0.0123. The Kier molecular flexibility index (Phi) is 5.85. The molecule has 0 aliphatic carbocycles. The van der Waals surface area contributed by atoms with Crippen molar-refractivity contribution in [1.29, 1.82) is 0 Å². The third kappa shape index (κ3) is 5.31. The smallest absolute Gasteiger partial charge is 0.225 e. The van der Waals surface area contributed by atoms with Crippen LogP contribution in [0.2, 0.25) is 0 Å². The second kappa shape index (κ2) is 7.16. The van der Waals surface area contributed by atoms with E-state index in [0.717, 1.165) is 12.8 Å². The summed E-state index contributed by atoms with van der Waals surface area (Å²) in [6, 6.07) is 1.75. The lowest BCUT2D eigenvalue weighted by molar-refractivity contribution is 0.220. The predicted molar refractivity (Wildman–Crippen MR) is 71.8 cm³/mol. The van der Waals surface area contributed by atoms with Crippen molar-refractivity contribution in [3.63, 3.8) is 0 Å². The second-order valence-electron chi connectivity index (χ2n) is 5.06. The number of hydrogen-bond acceptors (Lipinski definition) is 5. The van der Waals surface area contributed by atoms with E-state index < -0.39 is 0 Å². The number of aromatic nitrogens is 2. The van der Waals surface area contributed by atoms with Crippen LogP contribution < -0.4 is 10.1 Å². The van der Waals surface area contributed by atoms with E-state index in [-0.39, 0.29) is 12.0 Å².